The van der Waals surface area contributed by atoms with E-state index in [4.69, 9.17) is 0 Å². The van der Waals surface area contributed by atoms with E-state index in [1.807, 2.05) is 26.0 Å². The minimum Gasteiger partial charge on any atom is -0.508 e. The molecule has 0 fully saturated rings. The van der Waals surface area contributed by atoms with Crippen LogP contribution >= 0.6 is 12.6 Å². The third-order valence-corrected chi connectivity index (χ3v) is 5.30. The zero-order valence-corrected chi connectivity index (χ0v) is 16.2. The van der Waals surface area contributed by atoms with Crippen LogP contribution in [0.4, 0.5) is 0 Å². The first-order valence-corrected chi connectivity index (χ1v) is 9.14. The minimum absolute atomic E-state index is 0.0542. The summed E-state index contributed by atoms with van der Waals surface area (Å²) in [4.78, 5) is 3.36. The molecule has 4 rings (SSSR count). The summed E-state index contributed by atoms with van der Waals surface area (Å²) in [5, 5.41) is 30.2. The molecule has 0 atom stereocenters. The number of H-pyrrole nitrogens is 1. The molecule has 0 aliphatic carbocycles. The highest BCUT2D eigenvalue weighted by molar-refractivity contribution is 7.80. The van der Waals surface area contributed by atoms with Gasteiger partial charge in [-0.15, -0.1) is 22.8 Å². The zero-order chi connectivity index (χ0) is 19.3. The second-order valence-electron chi connectivity index (χ2n) is 6.62. The average Bonchev–Trinajstić information content (AvgIpc) is 3.15. The number of phenols is 2. The Labute approximate surface area is 161 Å². The standard InChI is InChI=1S/C20H20N4O2S/c1-4-12-7-15(18(26)9-17(12)25)19-22-23-20(27)24(19)13-5-6-16-14(8-13)10(2)11(3)21-16/h5-9,21,25-26H,4H2,1-3H3,(H,23,27). The molecule has 3 N–H and O–H groups in total. The predicted octanol–water partition coefficient (Wildman–Crippen LogP) is 4.29. The Morgan fingerprint density at radius 2 is 1.85 bits per heavy atom. The molecule has 2 aromatic carbocycles. The molecule has 0 aliphatic heterocycles. The number of benzene rings is 2. The molecule has 4 aromatic rings. The smallest absolute Gasteiger partial charge is 0.193 e. The van der Waals surface area contributed by atoms with Gasteiger partial charge >= 0.3 is 0 Å². The van der Waals surface area contributed by atoms with Gasteiger partial charge in [0.2, 0.25) is 0 Å². The molecule has 0 saturated carbocycles. The Bertz CT molecular complexity index is 1180. The number of rotatable bonds is 3. The van der Waals surface area contributed by atoms with Gasteiger partial charge in [-0.25, -0.2) is 0 Å². The molecule has 0 aliphatic rings. The number of aromatic hydroxyl groups is 2. The number of thiol groups is 1. The van der Waals surface area contributed by atoms with E-state index in [0.29, 0.717) is 23.0 Å². The topological polar surface area (TPSA) is 87.0 Å². The quantitative estimate of drug-likeness (QED) is 0.399. The van der Waals surface area contributed by atoms with Crippen molar-refractivity contribution in [1.29, 1.82) is 0 Å². The molecule has 7 heteroatoms. The third kappa shape index (κ3) is 2.75. The Morgan fingerprint density at radius 3 is 2.59 bits per heavy atom. The summed E-state index contributed by atoms with van der Waals surface area (Å²) < 4.78 is 1.79. The summed E-state index contributed by atoms with van der Waals surface area (Å²) in [6, 6.07) is 9.11. The van der Waals surface area contributed by atoms with Gasteiger partial charge in [0.1, 0.15) is 11.5 Å². The summed E-state index contributed by atoms with van der Waals surface area (Å²) in [6.45, 7) is 6.06. The highest BCUT2D eigenvalue weighted by atomic mass is 32.1. The number of fused-ring (bicyclic) bond motifs is 1. The largest absolute Gasteiger partial charge is 0.508 e. The van der Waals surface area contributed by atoms with Gasteiger partial charge in [-0.3, -0.25) is 4.57 Å². The minimum atomic E-state index is -0.0542. The lowest BCUT2D eigenvalue weighted by molar-refractivity contribution is 0.447. The van der Waals surface area contributed by atoms with E-state index in [1.54, 1.807) is 10.6 Å². The summed E-state index contributed by atoms with van der Waals surface area (Å²) >= 11 is 4.46. The van der Waals surface area contributed by atoms with E-state index in [2.05, 4.69) is 40.8 Å². The van der Waals surface area contributed by atoms with Gasteiger partial charge in [-0.1, -0.05) is 6.92 Å². The molecule has 138 valence electrons. The van der Waals surface area contributed by atoms with Crippen molar-refractivity contribution < 1.29 is 10.2 Å². The monoisotopic (exact) mass is 380 g/mol. The fourth-order valence-electron chi connectivity index (χ4n) is 3.36. The Kier molecular flexibility index (Phi) is 4.11. The lowest BCUT2D eigenvalue weighted by Gasteiger charge is -2.12. The fraction of sp³-hybridized carbons (Fsp3) is 0.200. The van der Waals surface area contributed by atoms with Crippen molar-refractivity contribution in [2.24, 2.45) is 0 Å². The van der Waals surface area contributed by atoms with Crippen molar-refractivity contribution >= 4 is 23.5 Å². The van der Waals surface area contributed by atoms with Crippen LogP contribution < -0.4 is 0 Å². The van der Waals surface area contributed by atoms with Gasteiger partial charge in [-0.2, -0.15) is 0 Å². The van der Waals surface area contributed by atoms with E-state index < -0.39 is 0 Å². The first-order chi connectivity index (χ1) is 12.9. The molecular formula is C20H20N4O2S. The van der Waals surface area contributed by atoms with Gasteiger partial charge in [0.05, 0.1) is 11.3 Å². The van der Waals surface area contributed by atoms with E-state index >= 15 is 0 Å². The van der Waals surface area contributed by atoms with Crippen molar-refractivity contribution in [3.63, 3.8) is 0 Å². The molecule has 0 radical (unpaired) electrons. The molecular weight excluding hydrogens is 360 g/mol. The number of aryl methyl sites for hydroxylation is 3. The summed E-state index contributed by atoms with van der Waals surface area (Å²) in [5.74, 6) is 0.480. The molecule has 0 saturated heterocycles. The van der Waals surface area contributed by atoms with Gasteiger partial charge in [0, 0.05) is 22.7 Å². The van der Waals surface area contributed by atoms with E-state index in [-0.39, 0.29) is 11.5 Å². The maximum atomic E-state index is 10.4. The maximum Gasteiger partial charge on any atom is 0.193 e. The van der Waals surface area contributed by atoms with Crippen LogP contribution in [0.5, 0.6) is 11.5 Å². The van der Waals surface area contributed by atoms with Gasteiger partial charge in [-0.05, 0) is 55.7 Å². The summed E-state index contributed by atoms with van der Waals surface area (Å²) in [7, 11) is 0. The highest BCUT2D eigenvalue weighted by Gasteiger charge is 2.19. The van der Waals surface area contributed by atoms with Crippen LogP contribution in [-0.4, -0.2) is 30.0 Å². The Morgan fingerprint density at radius 1 is 1.07 bits per heavy atom. The zero-order valence-electron chi connectivity index (χ0n) is 15.3. The lowest BCUT2D eigenvalue weighted by Crippen LogP contribution is -1.99. The Balaban J connectivity index is 1.95. The van der Waals surface area contributed by atoms with Crippen LogP contribution in [0.15, 0.2) is 35.5 Å². The number of phenolic OH excluding ortho intramolecular Hbond substituents is 2. The number of hydrogen-bond donors (Lipinski definition) is 4. The molecule has 2 heterocycles. The predicted molar refractivity (Wildman–Crippen MR) is 108 cm³/mol. The summed E-state index contributed by atoms with van der Waals surface area (Å²) in [6.07, 6.45) is 0.634. The molecule has 0 bridgehead atoms. The van der Waals surface area contributed by atoms with E-state index in [9.17, 15) is 10.2 Å². The van der Waals surface area contributed by atoms with Crippen LogP contribution in [0.3, 0.4) is 0 Å². The lowest BCUT2D eigenvalue weighted by atomic mass is 10.1. The van der Waals surface area contributed by atoms with Gasteiger partial charge < -0.3 is 15.2 Å². The maximum absolute atomic E-state index is 10.4. The van der Waals surface area contributed by atoms with Crippen LogP contribution in [0.25, 0.3) is 28.0 Å². The van der Waals surface area contributed by atoms with E-state index in [1.165, 1.54) is 11.6 Å². The van der Waals surface area contributed by atoms with Gasteiger partial charge in [0.25, 0.3) is 0 Å². The van der Waals surface area contributed by atoms with Crippen molar-refractivity contribution in [2.75, 3.05) is 0 Å². The fourth-order valence-corrected chi connectivity index (χ4v) is 3.62. The number of hydrogen-bond acceptors (Lipinski definition) is 5. The van der Waals surface area contributed by atoms with Crippen molar-refractivity contribution in [3.8, 4) is 28.6 Å². The van der Waals surface area contributed by atoms with Crippen LogP contribution in [0, 0.1) is 13.8 Å². The highest BCUT2D eigenvalue weighted by Crippen LogP contribution is 2.36. The third-order valence-electron chi connectivity index (χ3n) is 5.01. The van der Waals surface area contributed by atoms with Crippen LogP contribution in [-0.2, 0) is 6.42 Å². The van der Waals surface area contributed by atoms with Crippen molar-refractivity contribution in [2.45, 2.75) is 32.3 Å². The van der Waals surface area contributed by atoms with Crippen molar-refractivity contribution in [3.05, 3.63) is 47.2 Å². The molecule has 27 heavy (non-hydrogen) atoms. The van der Waals surface area contributed by atoms with Crippen molar-refractivity contribution in [1.82, 2.24) is 19.7 Å². The second-order valence-corrected chi connectivity index (χ2v) is 7.02. The normalized spacial score (nSPS) is 11.4. The molecule has 0 spiro atoms. The number of aromatic nitrogens is 4. The number of aromatic amines is 1. The SMILES string of the molecule is CCc1cc(-c2nnc(S)n2-c2ccc3[nH]c(C)c(C)c3c2)c(O)cc1O. The first kappa shape index (κ1) is 17.5. The van der Waals surface area contributed by atoms with Crippen LogP contribution in [0.1, 0.15) is 23.7 Å². The molecule has 2 aromatic heterocycles. The van der Waals surface area contributed by atoms with Crippen LogP contribution in [0.2, 0.25) is 0 Å². The number of nitrogens with zero attached hydrogens (tertiary/aromatic N) is 3. The molecule has 0 unspecified atom stereocenters. The average molecular weight is 380 g/mol. The molecule has 6 nitrogen and oxygen atoms in total. The number of nitrogens with one attached hydrogen (secondary N) is 1. The summed E-state index contributed by atoms with van der Waals surface area (Å²) in [5.41, 5.74) is 5.44. The van der Waals surface area contributed by atoms with E-state index in [0.717, 1.165) is 27.8 Å². The van der Waals surface area contributed by atoms with Gasteiger partial charge in [0.15, 0.2) is 11.0 Å². The Hall–Kier alpha value is -2.93. The molecule has 0 amide bonds. The first-order valence-electron chi connectivity index (χ1n) is 8.69. The second kappa shape index (κ2) is 6.35.